The molecule has 0 radical (unpaired) electrons. The van der Waals surface area contributed by atoms with Gasteiger partial charge in [0.15, 0.2) is 0 Å². The average Bonchev–Trinajstić information content (AvgIpc) is 2.40. The van der Waals surface area contributed by atoms with E-state index in [9.17, 15) is 0 Å². The summed E-state index contributed by atoms with van der Waals surface area (Å²) in [5.41, 5.74) is 4.51. The van der Waals surface area contributed by atoms with Gasteiger partial charge in [0.05, 0.1) is 5.69 Å². The second kappa shape index (κ2) is 4.74. The summed E-state index contributed by atoms with van der Waals surface area (Å²) >= 11 is 0. The fourth-order valence-electron chi connectivity index (χ4n) is 2.25. The SMILES string of the molecule is Cc1nc(Nc2ccccc2)nc2c1CCNC2. The summed E-state index contributed by atoms with van der Waals surface area (Å²) in [5.74, 6) is 0.682. The van der Waals surface area contributed by atoms with Gasteiger partial charge in [-0.3, -0.25) is 0 Å². The zero-order chi connectivity index (χ0) is 12.4. The first-order chi connectivity index (χ1) is 8.83. The number of hydrogen-bond acceptors (Lipinski definition) is 4. The fourth-order valence-corrected chi connectivity index (χ4v) is 2.25. The minimum atomic E-state index is 0.682. The van der Waals surface area contributed by atoms with Crippen LogP contribution in [0, 0.1) is 6.92 Å². The van der Waals surface area contributed by atoms with E-state index in [4.69, 9.17) is 0 Å². The fraction of sp³-hybridized carbons (Fsp3) is 0.286. The van der Waals surface area contributed by atoms with E-state index in [0.29, 0.717) is 5.95 Å². The van der Waals surface area contributed by atoms with Gasteiger partial charge in [0.2, 0.25) is 5.95 Å². The molecule has 4 heteroatoms. The maximum absolute atomic E-state index is 4.58. The van der Waals surface area contributed by atoms with Gasteiger partial charge in [0, 0.05) is 17.9 Å². The molecule has 0 unspecified atom stereocenters. The van der Waals surface area contributed by atoms with Crippen LogP contribution in [0.25, 0.3) is 0 Å². The smallest absolute Gasteiger partial charge is 0.227 e. The van der Waals surface area contributed by atoms with Crippen LogP contribution in [0.15, 0.2) is 30.3 Å². The van der Waals surface area contributed by atoms with Crippen LogP contribution in [0.3, 0.4) is 0 Å². The van der Waals surface area contributed by atoms with Gasteiger partial charge < -0.3 is 10.6 Å². The predicted octanol–water partition coefficient (Wildman–Crippen LogP) is 2.17. The number of nitrogens with one attached hydrogen (secondary N) is 2. The number of rotatable bonds is 2. The van der Waals surface area contributed by atoms with Gasteiger partial charge in [0.25, 0.3) is 0 Å². The molecule has 92 valence electrons. The Bertz CT molecular complexity index is 551. The highest BCUT2D eigenvalue weighted by atomic mass is 15.1. The molecule has 0 saturated carbocycles. The Hall–Kier alpha value is -1.94. The molecule has 0 aliphatic carbocycles. The molecule has 2 aromatic rings. The maximum Gasteiger partial charge on any atom is 0.227 e. The van der Waals surface area contributed by atoms with Crippen LogP contribution in [0.1, 0.15) is 17.0 Å². The van der Waals surface area contributed by atoms with Crippen LogP contribution >= 0.6 is 0 Å². The van der Waals surface area contributed by atoms with Crippen molar-refractivity contribution < 1.29 is 0 Å². The molecule has 0 saturated heterocycles. The zero-order valence-electron chi connectivity index (χ0n) is 10.4. The molecule has 2 heterocycles. The van der Waals surface area contributed by atoms with E-state index < -0.39 is 0 Å². The van der Waals surface area contributed by atoms with Gasteiger partial charge in [-0.15, -0.1) is 0 Å². The van der Waals surface area contributed by atoms with Crippen LogP contribution in [0.2, 0.25) is 0 Å². The summed E-state index contributed by atoms with van der Waals surface area (Å²) in [6.45, 7) is 3.91. The second-order valence-corrected chi connectivity index (χ2v) is 4.48. The van der Waals surface area contributed by atoms with Gasteiger partial charge in [-0.2, -0.15) is 0 Å². The molecule has 0 atom stereocenters. The first-order valence-electron chi connectivity index (χ1n) is 6.22. The molecule has 18 heavy (non-hydrogen) atoms. The molecular weight excluding hydrogens is 224 g/mol. The molecule has 4 nitrogen and oxygen atoms in total. The normalized spacial score (nSPS) is 14.1. The lowest BCUT2D eigenvalue weighted by atomic mass is 10.1. The largest absolute Gasteiger partial charge is 0.324 e. The summed E-state index contributed by atoms with van der Waals surface area (Å²) < 4.78 is 0. The topological polar surface area (TPSA) is 49.8 Å². The molecule has 1 aromatic carbocycles. The number of fused-ring (bicyclic) bond motifs is 1. The Kier molecular flexibility index (Phi) is 2.94. The van der Waals surface area contributed by atoms with Crippen molar-refractivity contribution in [1.82, 2.24) is 15.3 Å². The summed E-state index contributed by atoms with van der Waals surface area (Å²) in [6.07, 6.45) is 1.02. The van der Waals surface area contributed by atoms with Crippen LogP contribution in [-0.4, -0.2) is 16.5 Å². The maximum atomic E-state index is 4.58. The number of aryl methyl sites for hydroxylation is 1. The number of anilines is 2. The van der Waals surface area contributed by atoms with E-state index in [0.717, 1.165) is 36.6 Å². The number of aromatic nitrogens is 2. The van der Waals surface area contributed by atoms with Crippen molar-refractivity contribution >= 4 is 11.6 Å². The Labute approximate surface area is 106 Å². The quantitative estimate of drug-likeness (QED) is 0.844. The highest BCUT2D eigenvalue weighted by Crippen LogP contribution is 2.19. The Balaban J connectivity index is 1.91. The van der Waals surface area contributed by atoms with Crippen LogP contribution in [0.4, 0.5) is 11.6 Å². The highest BCUT2D eigenvalue weighted by Gasteiger charge is 2.14. The Morgan fingerprint density at radius 1 is 1.17 bits per heavy atom. The summed E-state index contributed by atoms with van der Waals surface area (Å²) in [5, 5.41) is 6.59. The lowest BCUT2D eigenvalue weighted by Crippen LogP contribution is -2.26. The van der Waals surface area contributed by atoms with Gasteiger partial charge >= 0.3 is 0 Å². The molecule has 2 N–H and O–H groups in total. The van der Waals surface area contributed by atoms with E-state index in [2.05, 4.69) is 27.5 Å². The third-order valence-electron chi connectivity index (χ3n) is 3.17. The number of nitrogens with zero attached hydrogens (tertiary/aromatic N) is 2. The number of hydrogen-bond donors (Lipinski definition) is 2. The van der Waals surface area contributed by atoms with Crippen LogP contribution < -0.4 is 10.6 Å². The van der Waals surface area contributed by atoms with E-state index in [-0.39, 0.29) is 0 Å². The Morgan fingerprint density at radius 2 is 2.00 bits per heavy atom. The van der Waals surface area contributed by atoms with Crippen LogP contribution in [-0.2, 0) is 13.0 Å². The van der Waals surface area contributed by atoms with Crippen molar-refractivity contribution in [2.75, 3.05) is 11.9 Å². The van der Waals surface area contributed by atoms with Crippen molar-refractivity contribution in [1.29, 1.82) is 0 Å². The molecule has 1 aliphatic heterocycles. The molecule has 0 bridgehead atoms. The van der Waals surface area contributed by atoms with Gasteiger partial charge in [-0.1, -0.05) is 18.2 Å². The van der Waals surface area contributed by atoms with Crippen molar-refractivity contribution in [3.8, 4) is 0 Å². The number of benzene rings is 1. The van der Waals surface area contributed by atoms with Crippen molar-refractivity contribution in [3.63, 3.8) is 0 Å². The van der Waals surface area contributed by atoms with E-state index in [1.54, 1.807) is 0 Å². The minimum Gasteiger partial charge on any atom is -0.324 e. The van der Waals surface area contributed by atoms with Crippen LogP contribution in [0.5, 0.6) is 0 Å². The standard InChI is InChI=1S/C14H16N4/c1-10-12-7-8-15-9-13(12)18-14(16-10)17-11-5-3-2-4-6-11/h2-6,15H,7-9H2,1H3,(H,16,17,18). The molecule has 1 aliphatic rings. The van der Waals surface area contributed by atoms with Crippen molar-refractivity contribution in [3.05, 3.63) is 47.3 Å². The molecule has 0 amide bonds. The van der Waals surface area contributed by atoms with E-state index in [1.807, 2.05) is 30.3 Å². The molecule has 0 spiro atoms. The summed E-state index contributed by atoms with van der Waals surface area (Å²) in [6, 6.07) is 10.0. The van der Waals surface area contributed by atoms with E-state index in [1.165, 1.54) is 5.56 Å². The summed E-state index contributed by atoms with van der Waals surface area (Å²) in [7, 11) is 0. The zero-order valence-corrected chi connectivity index (χ0v) is 10.4. The minimum absolute atomic E-state index is 0.682. The lowest BCUT2D eigenvalue weighted by molar-refractivity contribution is 0.620. The van der Waals surface area contributed by atoms with Crippen molar-refractivity contribution in [2.24, 2.45) is 0 Å². The molecule has 0 fully saturated rings. The lowest BCUT2D eigenvalue weighted by Gasteiger charge is -2.18. The summed E-state index contributed by atoms with van der Waals surface area (Å²) in [4.78, 5) is 9.12. The first kappa shape index (κ1) is 11.2. The van der Waals surface area contributed by atoms with Gasteiger partial charge in [-0.05, 0) is 37.6 Å². The monoisotopic (exact) mass is 240 g/mol. The van der Waals surface area contributed by atoms with E-state index >= 15 is 0 Å². The van der Waals surface area contributed by atoms with Gasteiger partial charge in [0.1, 0.15) is 0 Å². The van der Waals surface area contributed by atoms with Gasteiger partial charge in [-0.25, -0.2) is 9.97 Å². The molecule has 3 rings (SSSR count). The third-order valence-corrected chi connectivity index (χ3v) is 3.17. The molecule has 1 aromatic heterocycles. The molecular formula is C14H16N4. The first-order valence-corrected chi connectivity index (χ1v) is 6.22. The second-order valence-electron chi connectivity index (χ2n) is 4.48. The highest BCUT2D eigenvalue weighted by molar-refractivity contribution is 5.53. The third kappa shape index (κ3) is 2.19. The predicted molar refractivity (Wildman–Crippen MR) is 71.9 cm³/mol. The average molecular weight is 240 g/mol. The Morgan fingerprint density at radius 3 is 2.83 bits per heavy atom. The number of para-hydroxylation sites is 1. The van der Waals surface area contributed by atoms with Crippen molar-refractivity contribution in [2.45, 2.75) is 19.9 Å².